The highest BCUT2D eigenvalue weighted by molar-refractivity contribution is 5.97. The van der Waals surface area contributed by atoms with Crippen LogP contribution in [-0.4, -0.2) is 42.0 Å². The lowest BCUT2D eigenvalue weighted by Gasteiger charge is -2.19. The monoisotopic (exact) mass is 385 g/mol. The van der Waals surface area contributed by atoms with E-state index in [9.17, 15) is 9.59 Å². The summed E-state index contributed by atoms with van der Waals surface area (Å²) >= 11 is 0. The molecule has 1 aromatic carbocycles. The zero-order valence-electron chi connectivity index (χ0n) is 15.8. The van der Waals surface area contributed by atoms with Gasteiger partial charge in [-0.15, -0.1) is 5.10 Å². The Kier molecular flexibility index (Phi) is 5.44. The zero-order chi connectivity index (χ0) is 20.3. The molecule has 9 heteroatoms. The van der Waals surface area contributed by atoms with Gasteiger partial charge in [0, 0.05) is 37.4 Å². The second kappa shape index (κ2) is 7.95. The molecule has 1 amide bonds. The molecule has 2 heterocycles. The number of esters is 1. The summed E-state index contributed by atoms with van der Waals surface area (Å²) < 4.78 is 21.7. The Morgan fingerprint density at radius 2 is 1.82 bits per heavy atom. The van der Waals surface area contributed by atoms with Gasteiger partial charge in [0.25, 0.3) is 0 Å². The number of carbonyl (C=O) groups excluding carboxylic acids is 2. The molecule has 0 bridgehead atoms. The molecule has 3 rings (SSSR count). The van der Waals surface area contributed by atoms with Crippen molar-refractivity contribution in [1.82, 2.24) is 9.99 Å². The molecule has 1 aliphatic heterocycles. The van der Waals surface area contributed by atoms with Crippen LogP contribution in [0.1, 0.15) is 31.2 Å². The van der Waals surface area contributed by atoms with Crippen LogP contribution in [0.4, 0.5) is 0 Å². The SMILES string of the molecule is COc1cc(C2=NN(C(C)=O)[C@@H](c3cccnc3)O2)cc(OC)c1OC(C)=O. The maximum atomic E-state index is 12.0. The van der Waals surface area contributed by atoms with Crippen molar-refractivity contribution in [3.63, 3.8) is 0 Å². The third-order valence-electron chi connectivity index (χ3n) is 3.89. The van der Waals surface area contributed by atoms with Gasteiger partial charge in [0.15, 0.2) is 11.5 Å². The van der Waals surface area contributed by atoms with E-state index >= 15 is 0 Å². The van der Waals surface area contributed by atoms with Crippen LogP contribution in [0.25, 0.3) is 0 Å². The van der Waals surface area contributed by atoms with E-state index in [1.165, 1.54) is 33.1 Å². The average Bonchev–Trinajstić information content (AvgIpc) is 3.14. The Bertz CT molecular complexity index is 904. The first-order valence-electron chi connectivity index (χ1n) is 8.34. The molecule has 0 spiro atoms. The Labute approximate surface area is 161 Å². The molecule has 2 aromatic rings. The van der Waals surface area contributed by atoms with Gasteiger partial charge in [0.1, 0.15) is 0 Å². The number of hydrogen-bond acceptors (Lipinski definition) is 8. The van der Waals surface area contributed by atoms with Crippen molar-refractivity contribution < 1.29 is 28.5 Å². The number of hydrazone groups is 1. The van der Waals surface area contributed by atoms with Crippen molar-refractivity contribution in [1.29, 1.82) is 0 Å². The molecule has 0 N–H and O–H groups in total. The Morgan fingerprint density at radius 3 is 2.32 bits per heavy atom. The van der Waals surface area contributed by atoms with Crippen molar-refractivity contribution in [3.8, 4) is 17.2 Å². The minimum absolute atomic E-state index is 0.145. The van der Waals surface area contributed by atoms with Crippen molar-refractivity contribution in [3.05, 3.63) is 47.8 Å². The van der Waals surface area contributed by atoms with Crippen LogP contribution in [0.3, 0.4) is 0 Å². The summed E-state index contributed by atoms with van der Waals surface area (Å²) in [6.45, 7) is 2.67. The van der Waals surface area contributed by atoms with Gasteiger partial charge in [0.05, 0.1) is 14.2 Å². The molecule has 1 aliphatic rings. The second-order valence-electron chi connectivity index (χ2n) is 5.83. The fourth-order valence-electron chi connectivity index (χ4n) is 2.67. The molecule has 0 aliphatic carbocycles. The van der Waals surface area contributed by atoms with Crippen LogP contribution in [0.5, 0.6) is 17.2 Å². The number of rotatable bonds is 5. The minimum Gasteiger partial charge on any atom is -0.493 e. The highest BCUT2D eigenvalue weighted by Gasteiger charge is 2.34. The Hall–Kier alpha value is -3.62. The van der Waals surface area contributed by atoms with Gasteiger partial charge in [-0.05, 0) is 18.2 Å². The van der Waals surface area contributed by atoms with Gasteiger partial charge in [-0.3, -0.25) is 14.6 Å². The summed E-state index contributed by atoms with van der Waals surface area (Å²) in [4.78, 5) is 27.5. The maximum absolute atomic E-state index is 12.0. The molecule has 9 nitrogen and oxygen atoms in total. The summed E-state index contributed by atoms with van der Waals surface area (Å²) in [6, 6.07) is 6.71. The summed E-state index contributed by atoms with van der Waals surface area (Å²) in [7, 11) is 2.87. The molecular formula is C19H19N3O6. The molecule has 0 unspecified atom stereocenters. The van der Waals surface area contributed by atoms with E-state index in [1.807, 2.05) is 0 Å². The quantitative estimate of drug-likeness (QED) is 0.575. The van der Waals surface area contributed by atoms with Gasteiger partial charge in [-0.1, -0.05) is 6.07 Å². The normalized spacial score (nSPS) is 15.5. The van der Waals surface area contributed by atoms with E-state index in [1.54, 1.807) is 36.7 Å². The zero-order valence-corrected chi connectivity index (χ0v) is 15.8. The van der Waals surface area contributed by atoms with Gasteiger partial charge in [-0.2, -0.15) is 5.01 Å². The summed E-state index contributed by atoms with van der Waals surface area (Å²) in [5, 5.41) is 5.52. The highest BCUT2D eigenvalue weighted by atomic mass is 16.6. The third kappa shape index (κ3) is 3.73. The molecule has 1 atom stereocenters. The van der Waals surface area contributed by atoms with Crippen LogP contribution < -0.4 is 14.2 Å². The van der Waals surface area contributed by atoms with E-state index < -0.39 is 12.2 Å². The number of nitrogens with zero attached hydrogens (tertiary/aromatic N) is 3. The number of aromatic nitrogens is 1. The topological polar surface area (TPSA) is 99.6 Å². The highest BCUT2D eigenvalue weighted by Crippen LogP contribution is 2.40. The first-order valence-corrected chi connectivity index (χ1v) is 8.34. The number of hydrogen-bond donors (Lipinski definition) is 0. The predicted molar refractivity (Wildman–Crippen MR) is 98.0 cm³/mol. The van der Waals surface area contributed by atoms with Gasteiger partial charge in [0.2, 0.25) is 23.8 Å². The predicted octanol–water partition coefficient (Wildman–Crippen LogP) is 2.26. The van der Waals surface area contributed by atoms with Crippen molar-refractivity contribution in [2.75, 3.05) is 14.2 Å². The summed E-state index contributed by atoms with van der Waals surface area (Å²) in [6.07, 6.45) is 2.48. The Balaban J connectivity index is 2.02. The van der Waals surface area contributed by atoms with Crippen molar-refractivity contribution in [2.24, 2.45) is 5.10 Å². The number of benzene rings is 1. The standard InChI is InChI=1S/C19H19N3O6/c1-11(23)22-19(13-6-5-7-20-10-13)28-18(21-22)14-8-15(25-3)17(27-12(2)24)16(9-14)26-4/h5-10,19H,1-4H3/t19-/m1/s1. The Morgan fingerprint density at radius 1 is 1.14 bits per heavy atom. The van der Waals surface area contributed by atoms with E-state index in [0.29, 0.717) is 11.1 Å². The van der Waals surface area contributed by atoms with Crippen LogP contribution in [0, 0.1) is 0 Å². The van der Waals surface area contributed by atoms with E-state index in [0.717, 1.165) is 0 Å². The average molecular weight is 385 g/mol. The lowest BCUT2D eigenvalue weighted by Crippen LogP contribution is -2.25. The lowest BCUT2D eigenvalue weighted by molar-refractivity contribution is -0.135. The van der Waals surface area contributed by atoms with Crippen LogP contribution in [0.2, 0.25) is 0 Å². The van der Waals surface area contributed by atoms with E-state index in [4.69, 9.17) is 18.9 Å². The molecule has 28 heavy (non-hydrogen) atoms. The molecule has 0 radical (unpaired) electrons. The van der Waals surface area contributed by atoms with Gasteiger partial charge < -0.3 is 18.9 Å². The maximum Gasteiger partial charge on any atom is 0.308 e. The van der Waals surface area contributed by atoms with Crippen LogP contribution in [0.15, 0.2) is 41.8 Å². The fraction of sp³-hybridized carbons (Fsp3) is 0.263. The number of ether oxygens (including phenoxy) is 4. The minimum atomic E-state index is -0.744. The third-order valence-corrected chi connectivity index (χ3v) is 3.89. The number of pyridine rings is 1. The van der Waals surface area contributed by atoms with E-state index in [2.05, 4.69) is 10.1 Å². The lowest BCUT2D eigenvalue weighted by atomic mass is 10.1. The van der Waals surface area contributed by atoms with Crippen LogP contribution in [-0.2, 0) is 14.3 Å². The van der Waals surface area contributed by atoms with Crippen molar-refractivity contribution >= 4 is 17.8 Å². The van der Waals surface area contributed by atoms with Gasteiger partial charge in [-0.25, -0.2) is 0 Å². The van der Waals surface area contributed by atoms with E-state index in [-0.39, 0.29) is 29.1 Å². The van der Waals surface area contributed by atoms with Gasteiger partial charge >= 0.3 is 5.97 Å². The molecular weight excluding hydrogens is 366 g/mol. The number of amides is 1. The largest absolute Gasteiger partial charge is 0.493 e. The van der Waals surface area contributed by atoms with Crippen LogP contribution >= 0.6 is 0 Å². The first kappa shape index (κ1) is 19.2. The first-order chi connectivity index (χ1) is 13.4. The summed E-state index contributed by atoms with van der Waals surface area (Å²) in [5.41, 5.74) is 1.16. The molecule has 0 fully saturated rings. The summed E-state index contributed by atoms with van der Waals surface area (Å²) in [5.74, 6) is 0.0460. The number of methoxy groups -OCH3 is 2. The molecule has 0 saturated carbocycles. The molecule has 0 saturated heterocycles. The van der Waals surface area contributed by atoms with Crippen molar-refractivity contribution in [2.45, 2.75) is 20.1 Å². The molecule has 1 aromatic heterocycles. The smallest absolute Gasteiger partial charge is 0.308 e. The fourth-order valence-corrected chi connectivity index (χ4v) is 2.67. The molecule has 146 valence electrons. The second-order valence-corrected chi connectivity index (χ2v) is 5.83. The number of carbonyl (C=O) groups is 2.